The quantitative estimate of drug-likeness (QED) is 0.343. The monoisotopic (exact) mass is 131 g/mol. The number of rotatable bonds is 4. The Labute approximate surface area is 53.1 Å². The summed E-state index contributed by atoms with van der Waals surface area (Å²) in [5.41, 5.74) is 0. The first-order valence-electron chi connectivity index (χ1n) is 2.65. The van der Waals surface area contributed by atoms with Crippen LogP contribution >= 0.6 is 0 Å². The molecule has 0 saturated carbocycles. The molecular weight excluding hydrogens is 122 g/mol. The fourth-order valence-corrected chi connectivity index (χ4v) is 0.226. The number of nitrogens with zero attached hydrogens (tertiary/aromatic N) is 1. The molecule has 0 unspecified atom stereocenters. The van der Waals surface area contributed by atoms with Gasteiger partial charge in [0.1, 0.15) is 6.61 Å². The molecule has 4 heteroatoms. The van der Waals surface area contributed by atoms with E-state index >= 15 is 0 Å². The van der Waals surface area contributed by atoms with Crippen molar-refractivity contribution < 1.29 is 14.7 Å². The maximum atomic E-state index is 9.73. The second kappa shape index (κ2) is 5.08. The van der Waals surface area contributed by atoms with Gasteiger partial charge in [-0.3, -0.25) is 0 Å². The zero-order valence-electron chi connectivity index (χ0n) is 5.20. The van der Waals surface area contributed by atoms with Crippen LogP contribution in [0.25, 0.3) is 0 Å². The van der Waals surface area contributed by atoms with Crippen LogP contribution in [0.4, 0.5) is 0 Å². The molecule has 0 atom stereocenters. The number of hydrogen-bond acceptors (Lipinski definition) is 3. The van der Waals surface area contributed by atoms with E-state index in [-0.39, 0.29) is 0 Å². The molecule has 1 N–H and O–H groups in total. The summed E-state index contributed by atoms with van der Waals surface area (Å²) < 4.78 is 0. The van der Waals surface area contributed by atoms with Gasteiger partial charge in [0, 0.05) is 0 Å². The molecule has 0 aliphatic heterocycles. The highest BCUT2D eigenvalue weighted by molar-refractivity contribution is 6.21. The third-order valence-corrected chi connectivity index (χ3v) is 0.533. The largest absolute Gasteiger partial charge is 0.477 e. The van der Waals surface area contributed by atoms with Gasteiger partial charge in [-0.05, 0) is 6.42 Å². The van der Waals surface area contributed by atoms with Crippen molar-refractivity contribution in [2.24, 2.45) is 5.16 Å². The van der Waals surface area contributed by atoms with Crippen molar-refractivity contribution in [1.82, 2.24) is 0 Å². The summed E-state index contributed by atoms with van der Waals surface area (Å²) in [6.07, 6.45) is 1.55. The molecule has 52 valence electrons. The van der Waals surface area contributed by atoms with E-state index in [1.165, 1.54) is 0 Å². The number of oxime groups is 1. The van der Waals surface area contributed by atoms with Crippen molar-refractivity contribution in [1.29, 1.82) is 0 Å². The van der Waals surface area contributed by atoms with Gasteiger partial charge in [-0.1, -0.05) is 12.1 Å². The van der Waals surface area contributed by atoms with Crippen molar-refractivity contribution >= 4 is 12.2 Å². The molecule has 0 amide bonds. The summed E-state index contributed by atoms with van der Waals surface area (Å²) in [6.45, 7) is 2.38. The van der Waals surface area contributed by atoms with Crippen molar-refractivity contribution in [3.05, 3.63) is 0 Å². The van der Waals surface area contributed by atoms with Crippen LogP contribution in [0.1, 0.15) is 13.3 Å². The van der Waals surface area contributed by atoms with Crippen LogP contribution in [-0.2, 0) is 9.63 Å². The number of carbonyl (C=O) groups is 1. The summed E-state index contributed by atoms with van der Waals surface area (Å²) in [6, 6.07) is 0. The summed E-state index contributed by atoms with van der Waals surface area (Å²) in [5.74, 6) is -1.09. The fraction of sp³-hybridized carbons (Fsp3) is 0.600. The van der Waals surface area contributed by atoms with Gasteiger partial charge < -0.3 is 9.94 Å². The highest BCUT2D eigenvalue weighted by Crippen LogP contribution is 1.78. The van der Waals surface area contributed by atoms with E-state index < -0.39 is 5.97 Å². The first-order chi connectivity index (χ1) is 4.27. The maximum Gasteiger partial charge on any atom is 0.350 e. The first-order valence-corrected chi connectivity index (χ1v) is 2.65. The maximum absolute atomic E-state index is 9.73. The smallest absolute Gasteiger partial charge is 0.350 e. The summed E-state index contributed by atoms with van der Waals surface area (Å²) in [7, 11) is 0. The SMILES string of the molecule is CCCO/N=C\C(=O)O. The lowest BCUT2D eigenvalue weighted by atomic mass is 10.5. The minimum Gasteiger partial charge on any atom is -0.477 e. The van der Waals surface area contributed by atoms with Crippen molar-refractivity contribution in [3.63, 3.8) is 0 Å². The standard InChI is InChI=1S/C5H9NO3/c1-2-3-9-6-4-5(7)8/h4H,2-3H2,1H3,(H,7,8)/b6-4-. The van der Waals surface area contributed by atoms with E-state index in [0.717, 1.165) is 12.6 Å². The molecule has 0 spiro atoms. The Morgan fingerprint density at radius 2 is 2.56 bits per heavy atom. The van der Waals surface area contributed by atoms with Gasteiger partial charge in [-0.25, -0.2) is 4.79 Å². The molecule has 0 fully saturated rings. The average Bonchev–Trinajstić information content (AvgIpc) is 1.80. The molecule has 9 heavy (non-hydrogen) atoms. The second-order valence-corrected chi connectivity index (χ2v) is 1.41. The molecule has 0 heterocycles. The Morgan fingerprint density at radius 1 is 1.89 bits per heavy atom. The van der Waals surface area contributed by atoms with Gasteiger partial charge in [0.15, 0.2) is 6.21 Å². The number of carboxylic acids is 1. The normalized spacial score (nSPS) is 9.89. The Hall–Kier alpha value is -1.06. The zero-order chi connectivity index (χ0) is 7.11. The molecule has 0 rings (SSSR count). The minimum absolute atomic E-state index is 0.462. The summed E-state index contributed by atoms with van der Waals surface area (Å²) in [4.78, 5) is 14.2. The number of hydrogen-bond donors (Lipinski definition) is 1. The van der Waals surface area contributed by atoms with Gasteiger partial charge in [0.25, 0.3) is 0 Å². The molecule has 0 aliphatic rings. The molecule has 0 radical (unpaired) electrons. The van der Waals surface area contributed by atoms with E-state index in [2.05, 4.69) is 9.99 Å². The predicted octanol–water partition coefficient (Wildman–Crippen LogP) is 0.483. The second-order valence-electron chi connectivity index (χ2n) is 1.41. The Kier molecular flexibility index (Phi) is 4.49. The van der Waals surface area contributed by atoms with Gasteiger partial charge >= 0.3 is 5.97 Å². The molecular formula is C5H9NO3. The third-order valence-electron chi connectivity index (χ3n) is 0.533. The molecule has 0 aromatic heterocycles. The van der Waals surface area contributed by atoms with Crippen LogP contribution in [0, 0.1) is 0 Å². The zero-order valence-corrected chi connectivity index (χ0v) is 5.20. The Morgan fingerprint density at radius 3 is 3.00 bits per heavy atom. The molecule has 0 aromatic rings. The Bertz CT molecular complexity index is 111. The lowest BCUT2D eigenvalue weighted by Gasteiger charge is -1.90. The van der Waals surface area contributed by atoms with Crippen LogP contribution in [0.3, 0.4) is 0 Å². The molecule has 4 nitrogen and oxygen atoms in total. The van der Waals surface area contributed by atoms with E-state index in [1.54, 1.807) is 0 Å². The van der Waals surface area contributed by atoms with Gasteiger partial charge in [-0.2, -0.15) is 0 Å². The highest BCUT2D eigenvalue weighted by atomic mass is 16.6. The lowest BCUT2D eigenvalue weighted by Crippen LogP contribution is -1.96. The first kappa shape index (κ1) is 7.94. The Balaban J connectivity index is 3.15. The van der Waals surface area contributed by atoms with Crippen molar-refractivity contribution in [2.75, 3.05) is 6.61 Å². The van der Waals surface area contributed by atoms with Crippen molar-refractivity contribution in [2.45, 2.75) is 13.3 Å². The minimum atomic E-state index is -1.09. The number of aliphatic carboxylic acids is 1. The topological polar surface area (TPSA) is 58.9 Å². The van der Waals surface area contributed by atoms with Gasteiger partial charge in [0.2, 0.25) is 0 Å². The van der Waals surface area contributed by atoms with E-state index in [9.17, 15) is 4.79 Å². The number of carboxylic acid groups (broad SMARTS) is 1. The molecule has 0 bridgehead atoms. The predicted molar refractivity (Wildman–Crippen MR) is 32.4 cm³/mol. The highest BCUT2D eigenvalue weighted by Gasteiger charge is 1.84. The van der Waals surface area contributed by atoms with Crippen LogP contribution in [0.15, 0.2) is 5.16 Å². The van der Waals surface area contributed by atoms with E-state index in [1.807, 2.05) is 6.92 Å². The summed E-state index contributed by atoms with van der Waals surface area (Å²) in [5, 5.41) is 11.1. The van der Waals surface area contributed by atoms with E-state index in [4.69, 9.17) is 5.11 Å². The van der Waals surface area contributed by atoms with Crippen LogP contribution in [-0.4, -0.2) is 23.9 Å². The van der Waals surface area contributed by atoms with Gasteiger partial charge in [0.05, 0.1) is 0 Å². The molecule has 0 saturated heterocycles. The lowest BCUT2D eigenvalue weighted by molar-refractivity contribution is -0.129. The summed E-state index contributed by atoms with van der Waals surface area (Å²) >= 11 is 0. The molecule has 0 aromatic carbocycles. The molecule has 0 aliphatic carbocycles. The van der Waals surface area contributed by atoms with E-state index in [0.29, 0.717) is 6.61 Å². The van der Waals surface area contributed by atoms with Gasteiger partial charge in [-0.15, -0.1) is 0 Å². The van der Waals surface area contributed by atoms with Crippen LogP contribution < -0.4 is 0 Å². The van der Waals surface area contributed by atoms with Crippen LogP contribution in [0.5, 0.6) is 0 Å². The van der Waals surface area contributed by atoms with Crippen LogP contribution in [0.2, 0.25) is 0 Å². The average molecular weight is 131 g/mol. The fourth-order valence-electron chi connectivity index (χ4n) is 0.226. The third kappa shape index (κ3) is 6.94. The van der Waals surface area contributed by atoms with Crippen molar-refractivity contribution in [3.8, 4) is 0 Å².